The number of thioether (sulfide) groups is 1. The molecule has 1 aliphatic rings. The first-order valence-electron chi connectivity index (χ1n) is 10.8. The Morgan fingerprint density at radius 3 is 2.58 bits per heavy atom. The molecule has 9 heteroatoms. The number of fused-ring (bicyclic) bond motifs is 1. The Morgan fingerprint density at radius 2 is 1.75 bits per heavy atom. The van der Waals surface area contributed by atoms with Crippen LogP contribution in [0.1, 0.15) is 11.1 Å². The zero-order valence-electron chi connectivity index (χ0n) is 18.6. The van der Waals surface area contributed by atoms with Crippen LogP contribution in [0.4, 0.5) is 20.6 Å². The molecule has 4 aromatic carbocycles. The fraction of sp³-hybridized carbons (Fsp3) is 0.0370. The number of benzene rings is 4. The van der Waals surface area contributed by atoms with Crippen molar-refractivity contribution in [2.75, 3.05) is 0 Å². The number of azo groups is 1. The molecule has 0 spiro atoms. The molecule has 0 atom stereocenters. The van der Waals surface area contributed by atoms with Crippen LogP contribution in [0.15, 0.2) is 94.0 Å². The summed E-state index contributed by atoms with van der Waals surface area (Å²) in [7, 11) is 0. The number of aromatic hydroxyl groups is 1. The average molecular weight is 518 g/mol. The maximum absolute atomic E-state index is 14.2. The first kappa shape index (κ1) is 23.7. The van der Waals surface area contributed by atoms with Gasteiger partial charge in [-0.25, -0.2) is 4.39 Å². The molecule has 4 aromatic rings. The SMILES string of the molecule is O=C1S/C(=C\c2cc(N=Nc3cccc4ccccc34)ccc2O)C(=O)N1Cc1c(F)cccc1Cl. The van der Waals surface area contributed by atoms with Gasteiger partial charge in [0.1, 0.15) is 11.6 Å². The Labute approximate surface area is 214 Å². The summed E-state index contributed by atoms with van der Waals surface area (Å²) in [5, 5.41) is 20.5. The molecule has 0 aromatic heterocycles. The molecule has 0 aliphatic carbocycles. The molecular formula is C27H17ClFN3O3S. The Kier molecular flexibility index (Phi) is 6.54. The van der Waals surface area contributed by atoms with Crippen LogP contribution in [0, 0.1) is 5.82 Å². The molecular weight excluding hydrogens is 501 g/mol. The summed E-state index contributed by atoms with van der Waals surface area (Å²) in [6.07, 6.45) is 1.40. The fourth-order valence-corrected chi connectivity index (χ4v) is 4.80. The monoisotopic (exact) mass is 517 g/mol. The minimum absolute atomic E-state index is 0.0569. The van der Waals surface area contributed by atoms with Crippen molar-refractivity contribution in [1.29, 1.82) is 0 Å². The minimum atomic E-state index is -0.605. The van der Waals surface area contributed by atoms with Crippen molar-refractivity contribution in [2.45, 2.75) is 6.54 Å². The van der Waals surface area contributed by atoms with Gasteiger partial charge in [0, 0.05) is 21.5 Å². The van der Waals surface area contributed by atoms with Gasteiger partial charge in [0.2, 0.25) is 0 Å². The van der Waals surface area contributed by atoms with E-state index in [1.165, 1.54) is 30.3 Å². The number of phenolic OH excluding ortho intramolecular Hbond substituents is 1. The van der Waals surface area contributed by atoms with E-state index in [9.17, 15) is 19.1 Å². The van der Waals surface area contributed by atoms with E-state index in [0.717, 1.165) is 15.7 Å². The maximum atomic E-state index is 14.2. The summed E-state index contributed by atoms with van der Waals surface area (Å²) in [5.41, 5.74) is 1.49. The summed E-state index contributed by atoms with van der Waals surface area (Å²) in [4.78, 5) is 26.4. The van der Waals surface area contributed by atoms with E-state index in [4.69, 9.17) is 11.6 Å². The first-order chi connectivity index (χ1) is 17.4. The number of hydrogen-bond donors (Lipinski definition) is 1. The van der Waals surface area contributed by atoms with Gasteiger partial charge in [-0.2, -0.15) is 5.11 Å². The van der Waals surface area contributed by atoms with Gasteiger partial charge < -0.3 is 5.11 Å². The lowest BCUT2D eigenvalue weighted by atomic mass is 10.1. The smallest absolute Gasteiger partial charge is 0.293 e. The second kappa shape index (κ2) is 9.93. The van der Waals surface area contributed by atoms with Gasteiger partial charge in [-0.15, -0.1) is 5.11 Å². The van der Waals surface area contributed by atoms with Crippen LogP contribution in [0.2, 0.25) is 5.02 Å². The molecule has 1 saturated heterocycles. The lowest BCUT2D eigenvalue weighted by Gasteiger charge is -2.14. The number of carbonyl (C=O) groups excluding carboxylic acids is 2. The second-order valence-electron chi connectivity index (χ2n) is 7.91. The molecule has 0 saturated carbocycles. The average Bonchev–Trinajstić information content (AvgIpc) is 3.13. The summed E-state index contributed by atoms with van der Waals surface area (Å²) >= 11 is 6.75. The van der Waals surface area contributed by atoms with Gasteiger partial charge in [-0.3, -0.25) is 14.5 Å². The van der Waals surface area contributed by atoms with E-state index in [-0.39, 0.29) is 27.8 Å². The molecule has 2 amide bonds. The predicted octanol–water partition coefficient (Wildman–Crippen LogP) is 7.99. The number of imide groups is 1. The van der Waals surface area contributed by atoms with E-state index in [2.05, 4.69) is 10.2 Å². The number of carbonyl (C=O) groups is 2. The fourth-order valence-electron chi connectivity index (χ4n) is 3.75. The Morgan fingerprint density at radius 1 is 0.972 bits per heavy atom. The highest BCUT2D eigenvalue weighted by Crippen LogP contribution is 2.37. The summed E-state index contributed by atoms with van der Waals surface area (Å²) in [6, 6.07) is 22.3. The number of amides is 2. The Bertz CT molecular complexity index is 1560. The third-order valence-electron chi connectivity index (χ3n) is 5.59. The van der Waals surface area contributed by atoms with E-state index >= 15 is 0 Å². The van der Waals surface area contributed by atoms with Gasteiger partial charge >= 0.3 is 0 Å². The third kappa shape index (κ3) is 4.73. The van der Waals surface area contributed by atoms with Crippen LogP contribution >= 0.6 is 23.4 Å². The van der Waals surface area contributed by atoms with Crippen molar-refractivity contribution in [2.24, 2.45) is 10.2 Å². The normalized spacial score (nSPS) is 15.1. The van der Waals surface area contributed by atoms with Crippen LogP contribution in [0.5, 0.6) is 5.75 Å². The van der Waals surface area contributed by atoms with Crippen LogP contribution in [0.3, 0.4) is 0 Å². The van der Waals surface area contributed by atoms with Gasteiger partial charge in [-0.1, -0.05) is 54.1 Å². The number of nitrogens with zero attached hydrogens (tertiary/aromatic N) is 3. The molecule has 1 N–H and O–H groups in total. The van der Waals surface area contributed by atoms with Gasteiger partial charge in [0.15, 0.2) is 0 Å². The second-order valence-corrected chi connectivity index (χ2v) is 9.31. The number of rotatable bonds is 5. The van der Waals surface area contributed by atoms with Crippen molar-refractivity contribution in [3.63, 3.8) is 0 Å². The quantitative estimate of drug-likeness (QED) is 0.215. The number of hydrogen-bond acceptors (Lipinski definition) is 6. The van der Waals surface area contributed by atoms with Crippen molar-refractivity contribution >= 4 is 62.7 Å². The Balaban J connectivity index is 1.41. The molecule has 36 heavy (non-hydrogen) atoms. The lowest BCUT2D eigenvalue weighted by molar-refractivity contribution is -0.123. The summed E-state index contributed by atoms with van der Waals surface area (Å²) < 4.78 is 14.2. The van der Waals surface area contributed by atoms with Gasteiger partial charge in [0.25, 0.3) is 11.1 Å². The molecule has 6 nitrogen and oxygen atoms in total. The summed E-state index contributed by atoms with van der Waals surface area (Å²) in [5.74, 6) is -1.30. The van der Waals surface area contributed by atoms with E-state index in [1.54, 1.807) is 12.1 Å². The van der Waals surface area contributed by atoms with E-state index in [1.807, 2.05) is 42.5 Å². The molecule has 5 rings (SSSR count). The van der Waals surface area contributed by atoms with Crippen LogP contribution in [-0.2, 0) is 11.3 Å². The molecule has 1 fully saturated rings. The third-order valence-corrected chi connectivity index (χ3v) is 6.85. The van der Waals surface area contributed by atoms with Gasteiger partial charge in [-0.05, 0) is 59.6 Å². The predicted molar refractivity (Wildman–Crippen MR) is 139 cm³/mol. The van der Waals surface area contributed by atoms with Gasteiger partial charge in [0.05, 0.1) is 22.8 Å². The molecule has 0 radical (unpaired) electrons. The maximum Gasteiger partial charge on any atom is 0.293 e. The van der Waals surface area contributed by atoms with Crippen LogP contribution in [-0.4, -0.2) is 21.2 Å². The highest BCUT2D eigenvalue weighted by molar-refractivity contribution is 8.18. The van der Waals surface area contributed by atoms with Crippen LogP contribution < -0.4 is 0 Å². The van der Waals surface area contributed by atoms with E-state index in [0.29, 0.717) is 28.7 Å². The number of phenols is 1. The van der Waals surface area contributed by atoms with E-state index < -0.39 is 17.0 Å². The van der Waals surface area contributed by atoms with Crippen molar-refractivity contribution < 1.29 is 19.1 Å². The molecule has 0 unspecified atom stereocenters. The highest BCUT2D eigenvalue weighted by Gasteiger charge is 2.36. The van der Waals surface area contributed by atoms with Crippen molar-refractivity contribution in [1.82, 2.24) is 4.90 Å². The standard InChI is InChI=1S/C27H17ClFN3O3S/c28-21-8-4-9-22(29)20(21)15-32-26(34)25(36-27(32)35)14-17-13-18(11-12-24(17)33)30-31-23-10-3-6-16-5-1-2-7-19(16)23/h1-14,33H,15H2/b25-14-,31-30?. The molecule has 1 aliphatic heterocycles. The summed E-state index contributed by atoms with van der Waals surface area (Å²) in [6.45, 7) is -0.293. The number of halogens is 2. The topological polar surface area (TPSA) is 82.3 Å². The lowest BCUT2D eigenvalue weighted by Crippen LogP contribution is -2.28. The zero-order valence-corrected chi connectivity index (χ0v) is 20.1. The largest absolute Gasteiger partial charge is 0.507 e. The molecule has 178 valence electrons. The highest BCUT2D eigenvalue weighted by atomic mass is 35.5. The van der Waals surface area contributed by atoms with Crippen molar-refractivity contribution in [3.05, 3.63) is 106 Å². The Hall–Kier alpha value is -4.01. The molecule has 0 bridgehead atoms. The minimum Gasteiger partial charge on any atom is -0.507 e. The van der Waals surface area contributed by atoms with Crippen molar-refractivity contribution in [3.8, 4) is 5.75 Å². The zero-order chi connectivity index (χ0) is 25.2. The molecule has 1 heterocycles. The van der Waals surface area contributed by atoms with Crippen LogP contribution in [0.25, 0.3) is 16.8 Å². The first-order valence-corrected chi connectivity index (χ1v) is 12.0.